The van der Waals surface area contributed by atoms with Crippen LogP contribution in [0, 0.1) is 19.7 Å². The molecule has 8 nitrogen and oxygen atoms in total. The molecule has 194 valence electrons. The molecule has 0 unspecified atom stereocenters. The summed E-state index contributed by atoms with van der Waals surface area (Å²) in [5.41, 5.74) is 5.46. The van der Waals surface area contributed by atoms with E-state index in [0.717, 1.165) is 38.9 Å². The fourth-order valence-electron chi connectivity index (χ4n) is 4.67. The van der Waals surface area contributed by atoms with Gasteiger partial charge in [0.05, 0.1) is 25.7 Å². The first kappa shape index (κ1) is 25.3. The average Bonchev–Trinajstić information content (AvgIpc) is 3.33. The van der Waals surface area contributed by atoms with E-state index in [4.69, 9.17) is 4.74 Å². The number of halogens is 1. The smallest absolute Gasteiger partial charge is 0.252 e. The Labute approximate surface area is 219 Å². The molecule has 0 radical (unpaired) electrons. The number of H-pyrrole nitrogens is 1. The lowest BCUT2D eigenvalue weighted by molar-refractivity contribution is 0.236. The van der Waals surface area contributed by atoms with Crippen molar-refractivity contribution >= 4 is 10.9 Å². The Balaban J connectivity index is 1.44. The zero-order valence-electron chi connectivity index (χ0n) is 21.6. The highest BCUT2D eigenvalue weighted by atomic mass is 19.1. The number of pyridine rings is 1. The van der Waals surface area contributed by atoms with Crippen molar-refractivity contribution in [1.82, 2.24) is 30.1 Å². The van der Waals surface area contributed by atoms with Crippen LogP contribution in [0.2, 0.25) is 0 Å². The topological polar surface area (TPSA) is 88.9 Å². The first-order valence-corrected chi connectivity index (χ1v) is 12.4. The van der Waals surface area contributed by atoms with E-state index >= 15 is 0 Å². The van der Waals surface area contributed by atoms with E-state index in [1.807, 2.05) is 44.2 Å². The third-order valence-electron chi connectivity index (χ3n) is 6.55. The van der Waals surface area contributed by atoms with Crippen LogP contribution >= 0.6 is 0 Å². The summed E-state index contributed by atoms with van der Waals surface area (Å²) in [6.45, 7) is 5.77. The Morgan fingerprint density at radius 3 is 2.42 bits per heavy atom. The molecule has 38 heavy (non-hydrogen) atoms. The molecule has 0 aliphatic rings. The van der Waals surface area contributed by atoms with Crippen LogP contribution in [-0.4, -0.2) is 37.2 Å². The number of ether oxygens (including phenoxy) is 1. The quantitative estimate of drug-likeness (QED) is 0.312. The lowest BCUT2D eigenvalue weighted by Gasteiger charge is -2.22. The van der Waals surface area contributed by atoms with Crippen molar-refractivity contribution in [2.24, 2.45) is 0 Å². The number of aromatic amines is 1. The molecule has 5 rings (SSSR count). The number of hydrogen-bond acceptors (Lipinski definition) is 6. The van der Waals surface area contributed by atoms with Crippen LogP contribution in [0.4, 0.5) is 4.39 Å². The van der Waals surface area contributed by atoms with Crippen LogP contribution in [0.3, 0.4) is 0 Å². The lowest BCUT2D eigenvalue weighted by Crippen LogP contribution is -2.28. The highest BCUT2D eigenvalue weighted by molar-refractivity contribution is 5.82. The Morgan fingerprint density at radius 2 is 1.68 bits per heavy atom. The molecule has 0 saturated heterocycles. The first-order valence-electron chi connectivity index (χ1n) is 12.4. The van der Waals surface area contributed by atoms with Crippen molar-refractivity contribution in [3.63, 3.8) is 0 Å². The highest BCUT2D eigenvalue weighted by Gasteiger charge is 2.17. The van der Waals surface area contributed by atoms with Gasteiger partial charge in [-0.15, -0.1) is 5.10 Å². The molecule has 0 saturated carbocycles. The van der Waals surface area contributed by atoms with E-state index in [2.05, 4.69) is 37.5 Å². The minimum atomic E-state index is -0.291. The third kappa shape index (κ3) is 5.78. The van der Waals surface area contributed by atoms with Crippen LogP contribution in [0.15, 0.2) is 71.5 Å². The molecule has 0 aliphatic carbocycles. The van der Waals surface area contributed by atoms with Crippen LogP contribution in [0.25, 0.3) is 10.9 Å². The molecule has 0 bridgehead atoms. The predicted octanol–water partition coefficient (Wildman–Crippen LogP) is 4.53. The molecule has 1 N–H and O–H groups in total. The maximum atomic E-state index is 13.6. The van der Waals surface area contributed by atoms with Crippen molar-refractivity contribution in [3.8, 4) is 5.75 Å². The second kappa shape index (κ2) is 10.9. The van der Waals surface area contributed by atoms with Crippen LogP contribution < -0.4 is 10.3 Å². The van der Waals surface area contributed by atoms with Gasteiger partial charge in [-0.2, -0.15) is 0 Å². The summed E-state index contributed by atoms with van der Waals surface area (Å²) < 4.78 is 20.5. The molecule has 0 aliphatic heterocycles. The fourth-order valence-corrected chi connectivity index (χ4v) is 4.67. The van der Waals surface area contributed by atoms with Gasteiger partial charge in [-0.1, -0.05) is 35.9 Å². The number of aromatic nitrogens is 5. The molecule has 2 heterocycles. The molecular formula is C29H29FN6O2. The standard InChI is InChI=1S/C29H29FN6O2/c1-19-12-20(2)28-23(13-19)14-24(29(37)31-28)17-35(15-21-4-8-25(30)9-5-21)18-27-32-33-34-36(27)16-22-6-10-26(38-3)11-7-22/h4-14H,15-18H2,1-3H3,(H,31,37). The Hall–Kier alpha value is -4.37. The number of fused-ring (bicyclic) bond motifs is 1. The van der Waals surface area contributed by atoms with Gasteiger partial charge in [0.1, 0.15) is 11.6 Å². The zero-order valence-corrected chi connectivity index (χ0v) is 21.6. The maximum absolute atomic E-state index is 13.6. The van der Waals surface area contributed by atoms with Crippen LogP contribution in [0.5, 0.6) is 5.75 Å². The van der Waals surface area contributed by atoms with E-state index in [1.54, 1.807) is 23.9 Å². The summed E-state index contributed by atoms with van der Waals surface area (Å²) >= 11 is 0. The molecule has 0 spiro atoms. The predicted molar refractivity (Wildman–Crippen MR) is 143 cm³/mol. The van der Waals surface area contributed by atoms with Crippen LogP contribution in [0.1, 0.15) is 33.6 Å². The van der Waals surface area contributed by atoms with Gasteiger partial charge in [0.15, 0.2) is 5.82 Å². The summed E-state index contributed by atoms with van der Waals surface area (Å²) in [5, 5.41) is 13.4. The summed E-state index contributed by atoms with van der Waals surface area (Å²) in [6.07, 6.45) is 0. The van der Waals surface area contributed by atoms with Gasteiger partial charge < -0.3 is 9.72 Å². The monoisotopic (exact) mass is 512 g/mol. The van der Waals surface area contributed by atoms with Crippen molar-refractivity contribution in [3.05, 3.63) is 117 Å². The van der Waals surface area contributed by atoms with Gasteiger partial charge in [0, 0.05) is 18.7 Å². The summed E-state index contributed by atoms with van der Waals surface area (Å²) in [6, 6.07) is 20.2. The van der Waals surface area contributed by atoms with Gasteiger partial charge in [-0.3, -0.25) is 9.69 Å². The Bertz CT molecular complexity index is 1610. The Kier molecular flexibility index (Phi) is 7.28. The molecule has 0 amide bonds. The van der Waals surface area contributed by atoms with E-state index in [9.17, 15) is 9.18 Å². The van der Waals surface area contributed by atoms with E-state index < -0.39 is 0 Å². The van der Waals surface area contributed by atoms with Gasteiger partial charge in [-0.05, 0) is 82.7 Å². The number of aryl methyl sites for hydroxylation is 2. The highest BCUT2D eigenvalue weighted by Crippen LogP contribution is 2.20. The summed E-state index contributed by atoms with van der Waals surface area (Å²) in [5.74, 6) is 1.15. The minimum Gasteiger partial charge on any atom is -0.497 e. The van der Waals surface area contributed by atoms with Gasteiger partial charge in [-0.25, -0.2) is 9.07 Å². The SMILES string of the molecule is COc1ccc(Cn2nnnc2CN(Cc2ccc(F)cc2)Cc2cc3cc(C)cc(C)c3[nH]c2=O)cc1. The number of hydrogen-bond donors (Lipinski definition) is 1. The number of nitrogens with zero attached hydrogens (tertiary/aromatic N) is 5. The maximum Gasteiger partial charge on any atom is 0.252 e. The normalized spacial score (nSPS) is 11.4. The van der Waals surface area contributed by atoms with Gasteiger partial charge in [0.2, 0.25) is 0 Å². The number of nitrogens with one attached hydrogen (secondary N) is 1. The Morgan fingerprint density at radius 1 is 0.947 bits per heavy atom. The second-order valence-corrected chi connectivity index (χ2v) is 9.54. The van der Waals surface area contributed by atoms with E-state index in [0.29, 0.717) is 37.6 Å². The van der Waals surface area contributed by atoms with Crippen molar-refractivity contribution in [2.75, 3.05) is 7.11 Å². The van der Waals surface area contributed by atoms with Crippen LogP contribution in [-0.2, 0) is 26.2 Å². The number of tetrazole rings is 1. The second-order valence-electron chi connectivity index (χ2n) is 9.54. The molecule has 2 aromatic heterocycles. The average molecular weight is 513 g/mol. The summed E-state index contributed by atoms with van der Waals surface area (Å²) in [7, 11) is 1.63. The lowest BCUT2D eigenvalue weighted by atomic mass is 10.0. The number of rotatable bonds is 9. The van der Waals surface area contributed by atoms with E-state index in [1.165, 1.54) is 12.1 Å². The van der Waals surface area contributed by atoms with Crippen molar-refractivity contribution in [2.45, 2.75) is 40.0 Å². The zero-order chi connectivity index (χ0) is 26.6. The minimum absolute atomic E-state index is 0.133. The van der Waals surface area contributed by atoms with Gasteiger partial charge >= 0.3 is 0 Å². The summed E-state index contributed by atoms with van der Waals surface area (Å²) in [4.78, 5) is 18.2. The van der Waals surface area contributed by atoms with Crippen molar-refractivity contribution < 1.29 is 9.13 Å². The molecule has 0 fully saturated rings. The van der Waals surface area contributed by atoms with Gasteiger partial charge in [0.25, 0.3) is 5.56 Å². The largest absolute Gasteiger partial charge is 0.497 e. The number of methoxy groups -OCH3 is 1. The molecular weight excluding hydrogens is 483 g/mol. The third-order valence-corrected chi connectivity index (χ3v) is 6.55. The molecule has 3 aromatic carbocycles. The van der Waals surface area contributed by atoms with Crippen molar-refractivity contribution in [1.29, 1.82) is 0 Å². The van der Waals surface area contributed by atoms with E-state index in [-0.39, 0.29) is 11.4 Å². The number of benzene rings is 3. The fraction of sp³-hybridized carbons (Fsp3) is 0.241. The molecule has 9 heteroatoms. The molecule has 0 atom stereocenters. The first-order chi connectivity index (χ1) is 18.4. The molecule has 5 aromatic rings.